The first-order valence-electron chi connectivity index (χ1n) is 19.7. The van der Waals surface area contributed by atoms with Gasteiger partial charge in [-0.2, -0.15) is 0 Å². The Morgan fingerprint density at radius 1 is 0.596 bits per heavy atom. The number of aliphatic hydroxyl groups is 2. The molecule has 0 spiro atoms. The minimum Gasteiger partial charge on any atom is -0.462 e. The van der Waals surface area contributed by atoms with Crippen molar-refractivity contribution in [2.24, 2.45) is 0 Å². The summed E-state index contributed by atoms with van der Waals surface area (Å²) in [6, 6.07) is 0. The topological polar surface area (TPSA) is 149 Å². The Morgan fingerprint density at radius 3 is 1.67 bits per heavy atom. The molecular weight excluding hydrogens is 683 g/mol. The summed E-state index contributed by atoms with van der Waals surface area (Å²) < 4.78 is 32.5. The second-order valence-corrected chi connectivity index (χ2v) is 14.4. The molecule has 3 N–H and O–H groups in total. The predicted octanol–water partition coefficient (Wildman–Crippen LogP) is 9.94. The van der Waals surface area contributed by atoms with Gasteiger partial charge in [0.25, 0.3) is 0 Å². The first-order chi connectivity index (χ1) is 25.2. The van der Waals surface area contributed by atoms with Crippen LogP contribution in [0.25, 0.3) is 0 Å². The molecule has 52 heavy (non-hydrogen) atoms. The minimum atomic E-state index is -4.63. The lowest BCUT2D eigenvalue weighted by Crippen LogP contribution is -2.29. The Balaban J connectivity index is 4.44. The maximum Gasteiger partial charge on any atom is 0.472 e. The monoisotopic (exact) mass is 754 g/mol. The van der Waals surface area contributed by atoms with Gasteiger partial charge in [0.05, 0.1) is 19.8 Å². The van der Waals surface area contributed by atoms with Crippen LogP contribution in [0.3, 0.4) is 0 Å². The van der Waals surface area contributed by atoms with Gasteiger partial charge in [0.15, 0.2) is 6.10 Å². The van der Waals surface area contributed by atoms with Crippen molar-refractivity contribution in [3.8, 4) is 0 Å². The van der Waals surface area contributed by atoms with Gasteiger partial charge in [-0.15, -0.1) is 0 Å². The van der Waals surface area contributed by atoms with E-state index in [1.165, 1.54) is 38.5 Å². The lowest BCUT2D eigenvalue weighted by atomic mass is 10.1. The van der Waals surface area contributed by atoms with Gasteiger partial charge in [-0.25, -0.2) is 4.57 Å². The predicted molar refractivity (Wildman–Crippen MR) is 210 cm³/mol. The van der Waals surface area contributed by atoms with Gasteiger partial charge in [-0.1, -0.05) is 132 Å². The zero-order valence-electron chi connectivity index (χ0n) is 32.3. The fraction of sp³-hybridized carbons (Fsp3) is 0.707. The largest absolute Gasteiger partial charge is 0.472 e. The summed E-state index contributed by atoms with van der Waals surface area (Å²) in [5, 5.41) is 18.3. The third-order valence-corrected chi connectivity index (χ3v) is 8.87. The van der Waals surface area contributed by atoms with Crippen LogP contribution in [0.4, 0.5) is 0 Å². The highest BCUT2D eigenvalue weighted by atomic mass is 31.2. The number of ether oxygens (including phenoxy) is 2. The Morgan fingerprint density at radius 2 is 1.10 bits per heavy atom. The maximum atomic E-state index is 12.5. The van der Waals surface area contributed by atoms with Crippen molar-refractivity contribution in [1.82, 2.24) is 0 Å². The molecule has 0 radical (unpaired) electrons. The number of aliphatic hydroxyl groups excluding tert-OH is 2. The van der Waals surface area contributed by atoms with Crippen LogP contribution in [-0.4, -0.2) is 65.7 Å². The van der Waals surface area contributed by atoms with Crippen LogP contribution >= 0.6 is 7.82 Å². The van der Waals surface area contributed by atoms with Crippen LogP contribution in [0.2, 0.25) is 0 Å². The molecule has 0 aromatic carbocycles. The van der Waals surface area contributed by atoms with Gasteiger partial charge < -0.3 is 24.6 Å². The highest BCUT2D eigenvalue weighted by molar-refractivity contribution is 7.47. The number of carbonyl (C=O) groups excluding carboxylic acids is 2. The molecule has 0 aliphatic rings. The summed E-state index contributed by atoms with van der Waals surface area (Å²) in [5.41, 5.74) is 0. The smallest absolute Gasteiger partial charge is 0.462 e. The van der Waals surface area contributed by atoms with E-state index in [4.69, 9.17) is 19.1 Å². The highest BCUT2D eigenvalue weighted by Gasteiger charge is 2.27. The molecule has 2 unspecified atom stereocenters. The van der Waals surface area contributed by atoms with E-state index in [0.717, 1.165) is 70.6 Å². The number of hydrogen-bond acceptors (Lipinski definition) is 9. The highest BCUT2D eigenvalue weighted by Crippen LogP contribution is 2.43. The molecule has 3 atom stereocenters. The number of esters is 2. The van der Waals surface area contributed by atoms with Crippen molar-refractivity contribution in [2.45, 2.75) is 161 Å². The molecule has 0 aliphatic heterocycles. The summed E-state index contributed by atoms with van der Waals surface area (Å²) >= 11 is 0. The molecule has 0 bridgehead atoms. The van der Waals surface area contributed by atoms with E-state index in [9.17, 15) is 24.2 Å². The van der Waals surface area contributed by atoms with Crippen molar-refractivity contribution < 1.29 is 47.8 Å². The van der Waals surface area contributed by atoms with E-state index < -0.39 is 51.8 Å². The van der Waals surface area contributed by atoms with E-state index in [-0.39, 0.29) is 19.4 Å². The van der Waals surface area contributed by atoms with Crippen LogP contribution in [0.15, 0.2) is 60.8 Å². The molecule has 0 aromatic rings. The first kappa shape index (κ1) is 49.7. The Hall–Kier alpha value is -2.33. The van der Waals surface area contributed by atoms with E-state index in [1.54, 1.807) is 0 Å². The number of rotatable bonds is 36. The number of carbonyl (C=O) groups is 2. The van der Waals surface area contributed by atoms with E-state index in [2.05, 4.69) is 67.0 Å². The van der Waals surface area contributed by atoms with Gasteiger partial charge in [-0.3, -0.25) is 18.6 Å². The van der Waals surface area contributed by atoms with Crippen molar-refractivity contribution in [1.29, 1.82) is 0 Å². The molecule has 0 aromatic heterocycles. The van der Waals surface area contributed by atoms with Gasteiger partial charge in [0.2, 0.25) is 0 Å². The van der Waals surface area contributed by atoms with Gasteiger partial charge in [0, 0.05) is 12.8 Å². The summed E-state index contributed by atoms with van der Waals surface area (Å²) in [6.45, 7) is 2.15. The molecule has 0 rings (SSSR count). The van der Waals surface area contributed by atoms with Crippen LogP contribution in [0.5, 0.6) is 0 Å². The molecule has 0 fully saturated rings. The zero-order chi connectivity index (χ0) is 38.4. The summed E-state index contributed by atoms with van der Waals surface area (Å²) in [4.78, 5) is 34.8. The van der Waals surface area contributed by atoms with Crippen LogP contribution < -0.4 is 0 Å². The third kappa shape index (κ3) is 36.0. The van der Waals surface area contributed by atoms with E-state index in [1.807, 2.05) is 12.2 Å². The normalized spacial score (nSPS) is 14.6. The molecule has 0 aliphatic carbocycles. The molecule has 10 nitrogen and oxygen atoms in total. The summed E-state index contributed by atoms with van der Waals surface area (Å²) in [7, 11) is -4.63. The lowest BCUT2D eigenvalue weighted by Gasteiger charge is -2.20. The number of unbranched alkanes of at least 4 members (excludes halogenated alkanes) is 12. The quantitative estimate of drug-likeness (QED) is 0.0244. The van der Waals surface area contributed by atoms with Gasteiger partial charge in [-0.05, 0) is 64.2 Å². The van der Waals surface area contributed by atoms with Crippen LogP contribution in [0, 0.1) is 0 Å². The fourth-order valence-electron chi connectivity index (χ4n) is 4.88. The Labute approximate surface area is 315 Å². The molecule has 0 amide bonds. The van der Waals surface area contributed by atoms with Crippen LogP contribution in [0.1, 0.15) is 149 Å². The number of phosphoric acid groups is 1. The molecule has 0 heterocycles. The second-order valence-electron chi connectivity index (χ2n) is 12.9. The molecule has 0 saturated heterocycles. The second kappa shape index (κ2) is 37.0. The zero-order valence-corrected chi connectivity index (χ0v) is 33.1. The minimum absolute atomic E-state index is 0.0726. The van der Waals surface area contributed by atoms with E-state index >= 15 is 0 Å². The van der Waals surface area contributed by atoms with Gasteiger partial charge in [0.1, 0.15) is 12.7 Å². The Bertz CT molecular complexity index is 1050. The standard InChI is InChI=1S/C41H71O10P/c1-3-5-7-9-11-13-15-17-18-19-21-22-24-26-28-30-32-40(44)48-36-39(37-50-52(46,47)49-35-38(43)34-42)51-41(45)33-31-29-27-25-23-20-16-14-12-10-8-6-4-2/h5,7,11,13,17-18,20,23,27,29,38-39,42-43H,3-4,6,8-10,12,14-16,19,21-22,24-26,28,30-37H2,1-2H3,(H,46,47)/b7-5+,13-11+,18-17+,23-20+,29-27+/t38-,39?/m0/s1. The maximum absolute atomic E-state index is 12.5. The summed E-state index contributed by atoms with van der Waals surface area (Å²) in [5.74, 6) is -1.02. The van der Waals surface area contributed by atoms with Crippen molar-refractivity contribution >= 4 is 19.8 Å². The molecular formula is C41H71O10P. The number of hydrogen-bond donors (Lipinski definition) is 3. The average Bonchev–Trinajstić information content (AvgIpc) is 3.13. The van der Waals surface area contributed by atoms with E-state index in [0.29, 0.717) is 12.8 Å². The summed E-state index contributed by atoms with van der Waals surface area (Å²) in [6.07, 6.45) is 39.2. The van der Waals surface area contributed by atoms with Crippen molar-refractivity contribution in [3.05, 3.63) is 60.8 Å². The number of allylic oxidation sites excluding steroid dienone is 10. The van der Waals surface area contributed by atoms with Crippen LogP contribution in [-0.2, 0) is 32.7 Å². The average molecular weight is 755 g/mol. The van der Waals surface area contributed by atoms with Gasteiger partial charge >= 0.3 is 19.8 Å². The molecule has 11 heteroatoms. The fourth-order valence-corrected chi connectivity index (χ4v) is 5.67. The third-order valence-electron chi connectivity index (χ3n) is 7.92. The first-order valence-corrected chi connectivity index (χ1v) is 21.2. The van der Waals surface area contributed by atoms with Crippen molar-refractivity contribution in [3.63, 3.8) is 0 Å². The number of phosphoric ester groups is 1. The SMILES string of the molecule is CC/C=C/C/C=C/C/C=C/CCCCCCCCC(=O)OCC(COP(=O)(O)OC[C@@H](O)CO)OC(=O)CC/C=C/C/C=C/CCCCCCCC. The lowest BCUT2D eigenvalue weighted by molar-refractivity contribution is -0.161. The molecule has 300 valence electrons. The van der Waals surface area contributed by atoms with Crippen molar-refractivity contribution in [2.75, 3.05) is 26.4 Å². The Kier molecular flexibility index (Phi) is 35.3. The molecule has 0 saturated carbocycles.